The molecule has 0 spiro atoms. The van der Waals surface area contributed by atoms with Gasteiger partial charge in [-0.1, -0.05) is 347 Å². The first-order valence-corrected chi connectivity index (χ1v) is 39.3. The van der Waals surface area contributed by atoms with Crippen LogP contribution in [0, 0.1) is 0 Å². The first-order chi connectivity index (χ1) is 46.6. The number of hydrogen-bond donors (Lipinski definition) is 0. The quantitative estimate of drug-likeness (QED) is 0.0195. The van der Waals surface area contributed by atoms with Crippen LogP contribution >= 0.6 is 0 Å². The van der Waals surface area contributed by atoms with E-state index >= 15 is 0 Å². The molecule has 0 bridgehead atoms. The number of carbonyl (C=O) groups is 3. The van der Waals surface area contributed by atoms with Crippen molar-refractivity contribution in [1.29, 1.82) is 0 Å². The van der Waals surface area contributed by atoms with Gasteiger partial charge in [-0.05, 0) is 109 Å². The molecule has 95 heavy (non-hydrogen) atoms. The van der Waals surface area contributed by atoms with E-state index in [1.54, 1.807) is 0 Å². The Labute approximate surface area is 586 Å². The number of quaternary nitrogens is 1. The number of allylic oxidation sites excluding steroid dienone is 22. The van der Waals surface area contributed by atoms with E-state index in [4.69, 9.17) is 18.9 Å². The summed E-state index contributed by atoms with van der Waals surface area (Å²) in [6.07, 6.45) is 106. The summed E-state index contributed by atoms with van der Waals surface area (Å²) < 4.78 is 22.7. The molecule has 0 aromatic heterocycles. The van der Waals surface area contributed by atoms with Crippen LogP contribution in [0.15, 0.2) is 134 Å². The third kappa shape index (κ3) is 76.7. The van der Waals surface area contributed by atoms with Crippen molar-refractivity contribution < 1.29 is 42.9 Å². The van der Waals surface area contributed by atoms with Crippen molar-refractivity contribution in [2.24, 2.45) is 0 Å². The van der Waals surface area contributed by atoms with Crippen LogP contribution in [0.2, 0.25) is 0 Å². The van der Waals surface area contributed by atoms with Gasteiger partial charge in [0.2, 0.25) is 0 Å². The van der Waals surface area contributed by atoms with Crippen LogP contribution in [-0.2, 0) is 33.3 Å². The van der Waals surface area contributed by atoms with E-state index in [-0.39, 0.29) is 38.6 Å². The average molecular weight is 1320 g/mol. The molecule has 0 aliphatic heterocycles. The van der Waals surface area contributed by atoms with Gasteiger partial charge in [-0.2, -0.15) is 0 Å². The molecule has 0 amide bonds. The molecule has 0 heterocycles. The van der Waals surface area contributed by atoms with Crippen LogP contribution in [-0.4, -0.2) is 82.3 Å². The highest BCUT2D eigenvalue weighted by atomic mass is 16.7. The summed E-state index contributed by atoms with van der Waals surface area (Å²) in [6, 6.07) is 0. The highest BCUT2D eigenvalue weighted by Gasteiger charge is 2.22. The Balaban J connectivity index is 4.07. The summed E-state index contributed by atoms with van der Waals surface area (Å²) in [5.41, 5.74) is 0. The van der Waals surface area contributed by atoms with Crippen LogP contribution in [0.25, 0.3) is 0 Å². The van der Waals surface area contributed by atoms with Crippen molar-refractivity contribution in [2.75, 3.05) is 47.5 Å². The maximum Gasteiger partial charge on any atom is 0.306 e. The molecule has 0 aliphatic rings. The van der Waals surface area contributed by atoms with E-state index in [0.717, 1.165) is 83.5 Å². The smallest absolute Gasteiger partial charge is 0.306 e. The molecular weight excluding hydrogens is 1170 g/mol. The van der Waals surface area contributed by atoms with Gasteiger partial charge in [0, 0.05) is 12.8 Å². The maximum atomic E-state index is 12.9. The number of carbonyl (C=O) groups excluding carboxylic acids is 3. The van der Waals surface area contributed by atoms with Crippen molar-refractivity contribution in [2.45, 2.75) is 347 Å². The van der Waals surface area contributed by atoms with Crippen molar-refractivity contribution in [3.63, 3.8) is 0 Å². The predicted molar refractivity (Wildman–Crippen MR) is 407 cm³/mol. The van der Waals surface area contributed by atoms with E-state index in [0.29, 0.717) is 23.9 Å². The van der Waals surface area contributed by atoms with Gasteiger partial charge >= 0.3 is 11.9 Å². The highest BCUT2D eigenvalue weighted by molar-refractivity contribution is 5.70. The van der Waals surface area contributed by atoms with Crippen LogP contribution in [0.4, 0.5) is 0 Å². The number of unbranched alkanes of at least 4 members (excludes halogenated alkanes) is 35. The van der Waals surface area contributed by atoms with Crippen LogP contribution < -0.4 is 5.11 Å². The first-order valence-electron chi connectivity index (χ1n) is 39.3. The minimum Gasteiger partial charge on any atom is -0.545 e. The van der Waals surface area contributed by atoms with Crippen LogP contribution in [0.5, 0.6) is 0 Å². The lowest BCUT2D eigenvalue weighted by Crippen LogP contribution is -2.44. The number of aliphatic carboxylic acids is 1. The Morgan fingerprint density at radius 2 is 0.611 bits per heavy atom. The maximum absolute atomic E-state index is 12.9. The Morgan fingerprint density at radius 3 is 0.926 bits per heavy atom. The van der Waals surface area contributed by atoms with Gasteiger partial charge in [-0.15, -0.1) is 0 Å². The molecule has 0 aromatic rings. The molecule has 9 heteroatoms. The Kier molecular flexibility index (Phi) is 71.6. The largest absolute Gasteiger partial charge is 0.545 e. The molecule has 0 saturated carbocycles. The predicted octanol–water partition coefficient (Wildman–Crippen LogP) is 23.9. The van der Waals surface area contributed by atoms with Gasteiger partial charge in [-0.25, -0.2) is 0 Å². The van der Waals surface area contributed by atoms with Crippen LogP contribution in [0.3, 0.4) is 0 Å². The molecule has 544 valence electrons. The topological polar surface area (TPSA) is 111 Å². The van der Waals surface area contributed by atoms with Gasteiger partial charge in [0.15, 0.2) is 12.4 Å². The normalized spacial score (nSPS) is 13.4. The lowest BCUT2D eigenvalue weighted by Gasteiger charge is -2.26. The molecule has 0 aromatic carbocycles. The second kappa shape index (κ2) is 75.2. The number of esters is 2. The van der Waals surface area contributed by atoms with Crippen molar-refractivity contribution >= 4 is 17.9 Å². The minimum atomic E-state index is -1.65. The van der Waals surface area contributed by atoms with E-state index < -0.39 is 24.3 Å². The Hall–Kier alpha value is -4.57. The number of carboxylic acids is 1. The van der Waals surface area contributed by atoms with Crippen molar-refractivity contribution in [3.8, 4) is 0 Å². The molecule has 0 N–H and O–H groups in total. The summed E-state index contributed by atoms with van der Waals surface area (Å²) in [6.45, 7) is 4.58. The third-order valence-corrected chi connectivity index (χ3v) is 16.9. The van der Waals surface area contributed by atoms with E-state index in [9.17, 15) is 19.5 Å². The zero-order valence-corrected chi connectivity index (χ0v) is 62.3. The molecule has 0 fully saturated rings. The first kappa shape index (κ1) is 90.4. The zero-order chi connectivity index (χ0) is 69.0. The zero-order valence-electron chi connectivity index (χ0n) is 62.3. The van der Waals surface area contributed by atoms with E-state index in [2.05, 4.69) is 148 Å². The monoisotopic (exact) mass is 1320 g/mol. The molecule has 0 aliphatic carbocycles. The number of hydrogen-bond acceptors (Lipinski definition) is 8. The standard InChI is InChI=1S/C86H147NO8/c1-6-8-10-12-14-16-18-20-22-24-26-28-30-32-34-36-37-38-39-40-41-42-43-44-45-46-47-49-50-52-54-56-58-60-62-64-66-68-70-72-74-76-83(88)93-80-82(81-94-86(85(90)91)92-79-78-87(3,4)5)95-84(89)77-75-73-71-69-67-65-63-61-59-57-55-53-51-48-35-33-31-29-27-25-23-21-19-17-15-13-11-9-7-2/h9,11,15,17-18,20-21,23-24,26-27,29,33,35,51,53,57,59,63,65,69,71,82,86H,6-8,10,12-14,16,19,22,25,28,30-32,34,36-50,52,54-56,58,60-62,64,66-68,70,72-81H2,1-5H3/b11-9-,17-15-,20-18-,23-21-,26-24-,29-27-,35-33-,53-51-,59-57-,65-63-,71-69-. The summed E-state index contributed by atoms with van der Waals surface area (Å²) in [4.78, 5) is 37.5. The lowest BCUT2D eigenvalue weighted by atomic mass is 10.0. The number of rotatable bonds is 72. The molecule has 0 rings (SSSR count). The van der Waals surface area contributed by atoms with Gasteiger partial charge in [0.1, 0.15) is 13.2 Å². The Morgan fingerprint density at radius 1 is 0.326 bits per heavy atom. The summed E-state index contributed by atoms with van der Waals surface area (Å²) >= 11 is 0. The molecule has 2 unspecified atom stereocenters. The van der Waals surface area contributed by atoms with Gasteiger partial charge in [-0.3, -0.25) is 9.59 Å². The second-order valence-corrected chi connectivity index (χ2v) is 27.3. The van der Waals surface area contributed by atoms with Gasteiger partial charge < -0.3 is 33.3 Å². The summed E-state index contributed by atoms with van der Waals surface area (Å²) in [5.74, 6) is -2.36. The fraction of sp³-hybridized carbons (Fsp3) is 0.709. The molecule has 2 atom stereocenters. The fourth-order valence-corrected chi connectivity index (χ4v) is 10.9. The van der Waals surface area contributed by atoms with E-state index in [1.165, 1.54) is 212 Å². The van der Waals surface area contributed by atoms with Crippen molar-refractivity contribution in [1.82, 2.24) is 0 Å². The molecule has 9 nitrogen and oxygen atoms in total. The fourth-order valence-electron chi connectivity index (χ4n) is 10.9. The molecule has 0 saturated heterocycles. The average Bonchev–Trinajstić information content (AvgIpc) is 2.86. The lowest BCUT2D eigenvalue weighted by molar-refractivity contribution is -0.870. The number of ether oxygens (including phenoxy) is 4. The molecule has 0 radical (unpaired) electrons. The van der Waals surface area contributed by atoms with Gasteiger partial charge in [0.25, 0.3) is 0 Å². The SMILES string of the molecule is CC/C=C\C/C=C\C/C=C\C/C=C\C/C=C\C/C=C\C/C=C\C/C=C\C/C=C\CCCC(=O)OC(COC(=O)CCCCCCCCCCCCCCCCCCCCCCCCCCCCCCC/C=C\C/C=C\CCCCCCC)COC(OCC[N+](C)(C)C)C(=O)[O-]. The van der Waals surface area contributed by atoms with Crippen molar-refractivity contribution in [3.05, 3.63) is 134 Å². The summed E-state index contributed by atoms with van der Waals surface area (Å²) in [7, 11) is 5.91. The number of nitrogens with zero attached hydrogens (tertiary/aromatic N) is 1. The van der Waals surface area contributed by atoms with Gasteiger partial charge in [0.05, 0.1) is 40.3 Å². The van der Waals surface area contributed by atoms with E-state index in [1.807, 2.05) is 21.1 Å². The third-order valence-electron chi connectivity index (χ3n) is 16.9. The number of carboxylic acid groups (broad SMARTS) is 1. The van der Waals surface area contributed by atoms with Crippen LogP contribution in [0.1, 0.15) is 335 Å². The molecular formula is C86H147NO8. The Bertz CT molecular complexity index is 2030. The second-order valence-electron chi connectivity index (χ2n) is 27.3. The minimum absolute atomic E-state index is 0.131. The number of likely N-dealkylation sites (N-methyl/N-ethyl adjacent to an activating group) is 1. The highest BCUT2D eigenvalue weighted by Crippen LogP contribution is 2.18. The summed E-state index contributed by atoms with van der Waals surface area (Å²) in [5, 5.41) is 11.8.